The minimum absolute atomic E-state index is 0.670. The number of pyridine rings is 1. The van der Waals surface area contributed by atoms with Gasteiger partial charge in [0.25, 0.3) is 0 Å². The quantitative estimate of drug-likeness (QED) is 0.721. The zero-order valence-corrected chi connectivity index (χ0v) is 12.9. The van der Waals surface area contributed by atoms with Gasteiger partial charge in [-0.3, -0.25) is 0 Å². The molecule has 3 aromatic rings. The first-order chi connectivity index (χ1) is 10.2. The van der Waals surface area contributed by atoms with Crippen LogP contribution in [0.15, 0.2) is 48.8 Å². The van der Waals surface area contributed by atoms with Crippen molar-refractivity contribution in [3.8, 4) is 0 Å². The molecule has 0 unspecified atom stereocenters. The van der Waals surface area contributed by atoms with E-state index >= 15 is 0 Å². The molecule has 0 aliphatic carbocycles. The minimum Gasteiger partial charge on any atom is -0.312 e. The van der Waals surface area contributed by atoms with E-state index in [-0.39, 0.29) is 0 Å². The molecule has 0 atom stereocenters. The van der Waals surface area contributed by atoms with Crippen molar-refractivity contribution in [2.45, 2.75) is 13.0 Å². The molecule has 0 saturated carbocycles. The summed E-state index contributed by atoms with van der Waals surface area (Å²) < 4.78 is 1.88. The van der Waals surface area contributed by atoms with Gasteiger partial charge in [-0.25, -0.2) is 4.52 Å². The van der Waals surface area contributed by atoms with Gasteiger partial charge in [-0.2, -0.15) is 5.10 Å². The fraction of sp³-hybridized carbons (Fsp3) is 0.188. The highest BCUT2D eigenvalue weighted by Gasteiger charge is 2.04. The Bertz CT molecular complexity index is 752. The number of fused-ring (bicyclic) bond motifs is 1. The zero-order chi connectivity index (χ0) is 14.7. The van der Waals surface area contributed by atoms with Gasteiger partial charge in [0.1, 0.15) is 0 Å². The van der Waals surface area contributed by atoms with Crippen molar-refractivity contribution in [2.75, 3.05) is 6.54 Å². The van der Waals surface area contributed by atoms with Crippen molar-refractivity contribution in [1.82, 2.24) is 14.9 Å². The van der Waals surface area contributed by atoms with Crippen LogP contribution in [0.2, 0.25) is 10.0 Å². The molecule has 3 rings (SSSR count). The third-order valence-corrected chi connectivity index (χ3v) is 3.99. The summed E-state index contributed by atoms with van der Waals surface area (Å²) in [6.07, 6.45) is 4.72. The van der Waals surface area contributed by atoms with Crippen molar-refractivity contribution in [3.05, 3.63) is 70.0 Å². The molecule has 0 aliphatic rings. The van der Waals surface area contributed by atoms with Crippen LogP contribution in [0.25, 0.3) is 5.52 Å². The van der Waals surface area contributed by atoms with Crippen LogP contribution in [0, 0.1) is 0 Å². The summed E-state index contributed by atoms with van der Waals surface area (Å²) in [7, 11) is 0. The Morgan fingerprint density at radius 1 is 1.10 bits per heavy atom. The summed E-state index contributed by atoms with van der Waals surface area (Å²) in [5.41, 5.74) is 3.43. The highest BCUT2D eigenvalue weighted by atomic mass is 35.5. The first-order valence-electron chi connectivity index (χ1n) is 6.80. The Morgan fingerprint density at radius 2 is 2.00 bits per heavy atom. The number of nitrogens with one attached hydrogen (secondary N) is 1. The van der Waals surface area contributed by atoms with Gasteiger partial charge in [-0.15, -0.1) is 0 Å². The van der Waals surface area contributed by atoms with Crippen LogP contribution >= 0.6 is 23.2 Å². The lowest BCUT2D eigenvalue weighted by atomic mass is 10.1. The Kier molecular flexibility index (Phi) is 4.44. The lowest BCUT2D eigenvalue weighted by Crippen LogP contribution is -2.16. The summed E-state index contributed by atoms with van der Waals surface area (Å²) in [6.45, 7) is 1.64. The summed E-state index contributed by atoms with van der Waals surface area (Å²) in [4.78, 5) is 0. The van der Waals surface area contributed by atoms with E-state index in [9.17, 15) is 0 Å². The average molecular weight is 320 g/mol. The number of halogens is 2. The Hall–Kier alpha value is -1.55. The van der Waals surface area contributed by atoms with Crippen LogP contribution < -0.4 is 5.32 Å². The van der Waals surface area contributed by atoms with Gasteiger partial charge in [-0.1, -0.05) is 35.3 Å². The lowest BCUT2D eigenvalue weighted by Gasteiger charge is -2.06. The van der Waals surface area contributed by atoms with Gasteiger partial charge in [-0.05, 0) is 42.8 Å². The van der Waals surface area contributed by atoms with E-state index in [0.29, 0.717) is 5.02 Å². The third kappa shape index (κ3) is 3.38. The molecule has 0 radical (unpaired) electrons. The van der Waals surface area contributed by atoms with Crippen molar-refractivity contribution in [2.24, 2.45) is 0 Å². The number of hydrogen-bond acceptors (Lipinski definition) is 2. The summed E-state index contributed by atoms with van der Waals surface area (Å²) >= 11 is 12.1. The molecule has 0 fully saturated rings. The molecule has 3 nitrogen and oxygen atoms in total. The molecule has 1 aromatic carbocycles. The SMILES string of the molecule is Clc1ccc(CCNCc2cnn3ccccc23)c(Cl)c1. The van der Waals surface area contributed by atoms with Crippen molar-refractivity contribution in [1.29, 1.82) is 0 Å². The fourth-order valence-corrected chi connectivity index (χ4v) is 2.80. The number of rotatable bonds is 5. The van der Waals surface area contributed by atoms with Gasteiger partial charge < -0.3 is 5.32 Å². The maximum absolute atomic E-state index is 6.16. The lowest BCUT2D eigenvalue weighted by molar-refractivity contribution is 0.689. The van der Waals surface area contributed by atoms with E-state index in [4.69, 9.17) is 23.2 Å². The summed E-state index contributed by atoms with van der Waals surface area (Å²) in [6, 6.07) is 11.7. The van der Waals surface area contributed by atoms with Crippen LogP contribution in [0.3, 0.4) is 0 Å². The second-order valence-corrected chi connectivity index (χ2v) is 5.71. The number of aromatic nitrogens is 2. The molecule has 108 valence electrons. The molecule has 2 heterocycles. The smallest absolute Gasteiger partial charge is 0.0706 e. The van der Waals surface area contributed by atoms with E-state index in [1.165, 1.54) is 5.56 Å². The standard InChI is InChI=1S/C16H15Cl2N3/c17-14-5-4-12(15(18)9-14)6-7-19-10-13-11-20-21-8-2-1-3-16(13)21/h1-5,8-9,11,19H,6-7,10H2. The maximum atomic E-state index is 6.16. The topological polar surface area (TPSA) is 29.3 Å². The minimum atomic E-state index is 0.670. The van der Waals surface area contributed by atoms with Crippen LogP contribution in [-0.4, -0.2) is 16.2 Å². The molecule has 5 heteroatoms. The van der Waals surface area contributed by atoms with Gasteiger partial charge >= 0.3 is 0 Å². The first-order valence-corrected chi connectivity index (χ1v) is 7.55. The summed E-state index contributed by atoms with van der Waals surface area (Å²) in [5, 5.41) is 9.14. The van der Waals surface area contributed by atoms with Crippen LogP contribution in [0.5, 0.6) is 0 Å². The molecule has 0 amide bonds. The molecule has 0 saturated heterocycles. The molecule has 0 bridgehead atoms. The van der Waals surface area contributed by atoms with Crippen LogP contribution in [0.1, 0.15) is 11.1 Å². The number of nitrogens with zero attached hydrogens (tertiary/aromatic N) is 2. The zero-order valence-electron chi connectivity index (χ0n) is 11.4. The highest BCUT2D eigenvalue weighted by molar-refractivity contribution is 6.35. The highest BCUT2D eigenvalue weighted by Crippen LogP contribution is 2.21. The van der Waals surface area contributed by atoms with Crippen molar-refractivity contribution in [3.63, 3.8) is 0 Å². The van der Waals surface area contributed by atoms with Gasteiger partial charge in [0.15, 0.2) is 0 Å². The van der Waals surface area contributed by atoms with Crippen molar-refractivity contribution >= 4 is 28.7 Å². The van der Waals surface area contributed by atoms with Gasteiger partial charge in [0.05, 0.1) is 11.7 Å². The second-order valence-electron chi connectivity index (χ2n) is 4.86. The normalized spacial score (nSPS) is 11.1. The first kappa shape index (κ1) is 14.4. The van der Waals surface area contributed by atoms with Crippen LogP contribution in [-0.2, 0) is 13.0 Å². The second kappa shape index (κ2) is 6.48. The molecule has 21 heavy (non-hydrogen) atoms. The number of benzene rings is 1. The molecular formula is C16H15Cl2N3. The Balaban J connectivity index is 1.57. The van der Waals surface area contributed by atoms with E-state index in [0.717, 1.165) is 35.6 Å². The molecular weight excluding hydrogens is 305 g/mol. The predicted octanol–water partition coefficient (Wildman–Crippen LogP) is 3.97. The average Bonchev–Trinajstić information content (AvgIpc) is 2.89. The van der Waals surface area contributed by atoms with Gasteiger partial charge in [0.2, 0.25) is 0 Å². The Morgan fingerprint density at radius 3 is 2.86 bits per heavy atom. The molecule has 0 aliphatic heterocycles. The van der Waals surface area contributed by atoms with Gasteiger partial charge in [0, 0.05) is 28.4 Å². The number of hydrogen-bond donors (Lipinski definition) is 1. The van der Waals surface area contributed by atoms with E-state index in [1.807, 2.05) is 41.2 Å². The summed E-state index contributed by atoms with van der Waals surface area (Å²) in [5.74, 6) is 0. The molecule has 1 N–H and O–H groups in total. The third-order valence-electron chi connectivity index (χ3n) is 3.41. The fourth-order valence-electron chi connectivity index (χ4n) is 2.29. The van der Waals surface area contributed by atoms with E-state index < -0.39 is 0 Å². The van der Waals surface area contributed by atoms with E-state index in [1.54, 1.807) is 6.07 Å². The predicted molar refractivity (Wildman–Crippen MR) is 87.1 cm³/mol. The van der Waals surface area contributed by atoms with Crippen LogP contribution in [0.4, 0.5) is 0 Å². The monoisotopic (exact) mass is 319 g/mol. The van der Waals surface area contributed by atoms with Crippen molar-refractivity contribution < 1.29 is 0 Å². The van der Waals surface area contributed by atoms with E-state index in [2.05, 4.69) is 16.5 Å². The molecule has 2 aromatic heterocycles. The maximum Gasteiger partial charge on any atom is 0.0706 e. The largest absolute Gasteiger partial charge is 0.312 e. The Labute approximate surface area is 133 Å². The molecule has 0 spiro atoms.